The van der Waals surface area contributed by atoms with Gasteiger partial charge in [0.05, 0.1) is 11.9 Å². The van der Waals surface area contributed by atoms with E-state index in [0.717, 1.165) is 16.3 Å². The molecule has 0 saturated carbocycles. The minimum atomic E-state index is 0.483. The summed E-state index contributed by atoms with van der Waals surface area (Å²) in [5.74, 6) is 0. The fourth-order valence-corrected chi connectivity index (χ4v) is 2.53. The number of nitrogens with zero attached hydrogens (tertiary/aromatic N) is 3. The molecule has 2 aromatic heterocycles. The van der Waals surface area contributed by atoms with E-state index >= 15 is 0 Å². The van der Waals surface area contributed by atoms with Gasteiger partial charge in [0.25, 0.3) is 0 Å². The van der Waals surface area contributed by atoms with Gasteiger partial charge in [0.15, 0.2) is 10.1 Å². The number of halogens is 1. The van der Waals surface area contributed by atoms with Gasteiger partial charge in [-0.15, -0.1) is 11.3 Å². The van der Waals surface area contributed by atoms with Crippen LogP contribution in [0.2, 0.25) is 5.15 Å². The number of benzene rings is 1. The summed E-state index contributed by atoms with van der Waals surface area (Å²) < 4.78 is 1.93. The minimum absolute atomic E-state index is 0.483. The molecule has 0 bridgehead atoms. The molecule has 84 valence electrons. The number of aliphatic imine (C=N–C) groups is 1. The van der Waals surface area contributed by atoms with Gasteiger partial charge in [-0.2, -0.15) is 0 Å². The number of imidazole rings is 1. The van der Waals surface area contributed by atoms with Crippen LogP contribution in [0.3, 0.4) is 0 Å². The fraction of sp³-hybridized carbons (Fsp3) is 0. The van der Waals surface area contributed by atoms with Gasteiger partial charge < -0.3 is 0 Å². The van der Waals surface area contributed by atoms with Gasteiger partial charge in [0.1, 0.15) is 5.69 Å². The van der Waals surface area contributed by atoms with Crippen LogP contribution in [-0.4, -0.2) is 15.6 Å². The lowest BCUT2D eigenvalue weighted by molar-refractivity contribution is 1.21. The van der Waals surface area contributed by atoms with E-state index in [-0.39, 0.29) is 0 Å². The fourth-order valence-electron chi connectivity index (χ4n) is 1.54. The van der Waals surface area contributed by atoms with E-state index in [4.69, 9.17) is 11.6 Å². The Morgan fingerprint density at radius 1 is 1.29 bits per heavy atom. The first kappa shape index (κ1) is 10.5. The second-order valence-corrected chi connectivity index (χ2v) is 4.67. The van der Waals surface area contributed by atoms with E-state index in [9.17, 15) is 0 Å². The van der Waals surface area contributed by atoms with Crippen molar-refractivity contribution < 1.29 is 0 Å². The van der Waals surface area contributed by atoms with Crippen LogP contribution >= 0.6 is 22.9 Å². The summed E-state index contributed by atoms with van der Waals surface area (Å²) in [6.45, 7) is 0. The first-order valence-corrected chi connectivity index (χ1v) is 6.30. The largest absolute Gasteiger partial charge is 0.288 e. The maximum Gasteiger partial charge on any atom is 0.195 e. The zero-order chi connectivity index (χ0) is 11.7. The molecule has 0 amide bonds. The Hall–Kier alpha value is -1.65. The molecule has 0 fully saturated rings. The third kappa shape index (κ3) is 1.97. The van der Waals surface area contributed by atoms with Crippen LogP contribution in [0.5, 0.6) is 0 Å². The highest BCUT2D eigenvalue weighted by atomic mass is 35.5. The Bertz CT molecular complexity index is 669. The maximum absolute atomic E-state index is 6.06. The van der Waals surface area contributed by atoms with E-state index in [2.05, 4.69) is 9.98 Å². The Morgan fingerprint density at radius 2 is 2.12 bits per heavy atom. The van der Waals surface area contributed by atoms with Crippen molar-refractivity contribution in [2.75, 3.05) is 0 Å². The van der Waals surface area contributed by atoms with E-state index in [1.54, 1.807) is 17.6 Å². The Morgan fingerprint density at radius 3 is 2.94 bits per heavy atom. The van der Waals surface area contributed by atoms with Crippen molar-refractivity contribution in [3.05, 3.63) is 52.8 Å². The molecule has 0 saturated heterocycles. The molecule has 17 heavy (non-hydrogen) atoms. The van der Waals surface area contributed by atoms with Crippen LogP contribution in [0.4, 0.5) is 5.69 Å². The standard InChI is InChI=1S/C12H8ClN3S/c13-11-10(16-6-7-17-12(16)15-11)8-14-9-4-2-1-3-5-9/h1-8H. The maximum atomic E-state index is 6.06. The van der Waals surface area contributed by atoms with Crippen LogP contribution in [-0.2, 0) is 0 Å². The highest BCUT2D eigenvalue weighted by Gasteiger charge is 2.08. The van der Waals surface area contributed by atoms with Crippen LogP contribution in [0.15, 0.2) is 46.9 Å². The molecular weight excluding hydrogens is 254 g/mol. The van der Waals surface area contributed by atoms with E-state index in [1.807, 2.05) is 46.3 Å². The summed E-state index contributed by atoms with van der Waals surface area (Å²) in [4.78, 5) is 9.49. The number of aromatic nitrogens is 2. The van der Waals surface area contributed by atoms with Crippen molar-refractivity contribution in [2.24, 2.45) is 4.99 Å². The van der Waals surface area contributed by atoms with Crippen molar-refractivity contribution in [3.63, 3.8) is 0 Å². The van der Waals surface area contributed by atoms with Gasteiger partial charge in [-0.05, 0) is 12.1 Å². The van der Waals surface area contributed by atoms with Gasteiger partial charge in [-0.3, -0.25) is 9.39 Å². The minimum Gasteiger partial charge on any atom is -0.288 e. The van der Waals surface area contributed by atoms with E-state index < -0.39 is 0 Å². The average molecular weight is 262 g/mol. The molecule has 0 atom stereocenters. The molecular formula is C12H8ClN3S. The third-order valence-electron chi connectivity index (χ3n) is 2.35. The Kier molecular flexibility index (Phi) is 2.66. The van der Waals surface area contributed by atoms with Gasteiger partial charge in [-0.1, -0.05) is 29.8 Å². The molecule has 0 unspecified atom stereocenters. The second kappa shape index (κ2) is 4.31. The van der Waals surface area contributed by atoms with Crippen molar-refractivity contribution in [1.82, 2.24) is 9.38 Å². The SMILES string of the molecule is Clc1nc2sccn2c1C=Nc1ccccc1. The molecule has 1 aromatic carbocycles. The number of fused-ring (bicyclic) bond motifs is 1. The Labute approximate surface area is 107 Å². The normalized spacial score (nSPS) is 11.6. The zero-order valence-corrected chi connectivity index (χ0v) is 10.3. The highest BCUT2D eigenvalue weighted by molar-refractivity contribution is 7.15. The predicted octanol–water partition coefficient (Wildman–Crippen LogP) is 3.80. The van der Waals surface area contributed by atoms with Gasteiger partial charge in [0.2, 0.25) is 0 Å². The monoisotopic (exact) mass is 261 g/mol. The molecule has 3 aromatic rings. The molecule has 0 aliphatic rings. The van der Waals surface area contributed by atoms with Crippen molar-refractivity contribution >= 4 is 39.8 Å². The topological polar surface area (TPSA) is 29.7 Å². The smallest absolute Gasteiger partial charge is 0.195 e. The molecule has 0 N–H and O–H groups in total. The summed E-state index contributed by atoms with van der Waals surface area (Å²) in [6.07, 6.45) is 3.68. The van der Waals surface area contributed by atoms with Gasteiger partial charge >= 0.3 is 0 Å². The van der Waals surface area contributed by atoms with E-state index in [1.165, 1.54) is 0 Å². The highest BCUT2D eigenvalue weighted by Crippen LogP contribution is 2.20. The molecule has 3 nitrogen and oxygen atoms in total. The first-order chi connectivity index (χ1) is 8.34. The first-order valence-electron chi connectivity index (χ1n) is 5.05. The summed E-state index contributed by atoms with van der Waals surface area (Å²) in [6, 6.07) is 9.74. The summed E-state index contributed by atoms with van der Waals surface area (Å²) >= 11 is 7.61. The van der Waals surface area contributed by atoms with Gasteiger partial charge in [0, 0.05) is 11.6 Å². The van der Waals surface area contributed by atoms with Crippen LogP contribution in [0.1, 0.15) is 5.69 Å². The predicted molar refractivity (Wildman–Crippen MR) is 71.8 cm³/mol. The lowest BCUT2D eigenvalue weighted by Gasteiger charge is -1.92. The lowest BCUT2D eigenvalue weighted by Crippen LogP contribution is -1.87. The van der Waals surface area contributed by atoms with Crippen molar-refractivity contribution in [1.29, 1.82) is 0 Å². The summed E-state index contributed by atoms with van der Waals surface area (Å²) in [5.41, 5.74) is 1.71. The number of hydrogen-bond donors (Lipinski definition) is 0. The second-order valence-electron chi connectivity index (χ2n) is 3.44. The molecule has 0 radical (unpaired) electrons. The number of para-hydroxylation sites is 1. The quantitative estimate of drug-likeness (QED) is 0.645. The molecule has 0 spiro atoms. The third-order valence-corrected chi connectivity index (χ3v) is 3.38. The molecule has 0 aliphatic heterocycles. The van der Waals surface area contributed by atoms with Crippen molar-refractivity contribution in [3.8, 4) is 0 Å². The number of hydrogen-bond acceptors (Lipinski definition) is 3. The van der Waals surface area contributed by atoms with E-state index in [0.29, 0.717) is 5.15 Å². The molecule has 2 heterocycles. The number of rotatable bonds is 2. The molecule has 5 heteroatoms. The van der Waals surface area contributed by atoms with Crippen LogP contribution < -0.4 is 0 Å². The zero-order valence-electron chi connectivity index (χ0n) is 8.75. The number of thiazole rings is 1. The molecule has 0 aliphatic carbocycles. The summed E-state index contributed by atoms with van der Waals surface area (Å²) in [7, 11) is 0. The van der Waals surface area contributed by atoms with Gasteiger partial charge in [-0.25, -0.2) is 4.98 Å². The molecule has 3 rings (SSSR count). The van der Waals surface area contributed by atoms with Crippen LogP contribution in [0, 0.1) is 0 Å². The summed E-state index contributed by atoms with van der Waals surface area (Å²) in [5, 5.41) is 2.45. The lowest BCUT2D eigenvalue weighted by atomic mass is 10.3. The Balaban J connectivity index is 2.02. The van der Waals surface area contributed by atoms with Crippen LogP contribution in [0.25, 0.3) is 4.96 Å². The van der Waals surface area contributed by atoms with Crippen molar-refractivity contribution in [2.45, 2.75) is 0 Å². The average Bonchev–Trinajstić information content (AvgIpc) is 2.89.